The number of nitrogens with one attached hydrogen (secondary N) is 1. The number of methoxy groups -OCH3 is 1. The molecule has 4 aromatic rings. The van der Waals surface area contributed by atoms with Crippen LogP contribution in [0.5, 0.6) is 5.75 Å². The molecule has 6 nitrogen and oxygen atoms in total. The SMILES string of the molecule is COc1c(N2CCNCC2)cc(S(=O)(=O)n2cc(C)c3ccc(Br)cc32)c2ccccc12. The fraction of sp³-hybridized carbons (Fsp3) is 0.250. The van der Waals surface area contributed by atoms with E-state index in [2.05, 4.69) is 26.1 Å². The Morgan fingerprint density at radius 3 is 2.44 bits per heavy atom. The minimum Gasteiger partial charge on any atom is -0.494 e. The molecular formula is C24H24BrN3O3S. The minimum atomic E-state index is -3.88. The number of halogens is 1. The maximum atomic E-state index is 14.1. The number of nitrogens with zero attached hydrogens (tertiary/aromatic N) is 2. The molecule has 0 radical (unpaired) electrons. The number of aromatic nitrogens is 1. The van der Waals surface area contributed by atoms with E-state index in [-0.39, 0.29) is 4.90 Å². The zero-order valence-electron chi connectivity index (χ0n) is 17.9. The highest BCUT2D eigenvalue weighted by Gasteiger charge is 2.27. The summed E-state index contributed by atoms with van der Waals surface area (Å²) in [7, 11) is -2.24. The maximum Gasteiger partial charge on any atom is 0.268 e. The van der Waals surface area contributed by atoms with Crippen LogP contribution < -0.4 is 15.0 Å². The van der Waals surface area contributed by atoms with Crippen LogP contribution in [-0.4, -0.2) is 45.7 Å². The third-order valence-corrected chi connectivity index (χ3v) is 8.28. The molecule has 0 aliphatic carbocycles. The molecule has 1 aromatic heterocycles. The number of piperazine rings is 1. The first kappa shape index (κ1) is 21.3. The van der Waals surface area contributed by atoms with Gasteiger partial charge < -0.3 is 15.0 Å². The van der Waals surface area contributed by atoms with Gasteiger partial charge in [-0.2, -0.15) is 0 Å². The molecule has 32 heavy (non-hydrogen) atoms. The Morgan fingerprint density at radius 2 is 1.72 bits per heavy atom. The van der Waals surface area contributed by atoms with Crippen molar-refractivity contribution in [1.29, 1.82) is 0 Å². The predicted molar refractivity (Wildman–Crippen MR) is 133 cm³/mol. The summed E-state index contributed by atoms with van der Waals surface area (Å²) in [5.74, 6) is 0.706. The van der Waals surface area contributed by atoms with E-state index in [1.807, 2.05) is 49.4 Å². The van der Waals surface area contributed by atoms with Gasteiger partial charge in [-0.3, -0.25) is 0 Å². The number of ether oxygens (including phenoxy) is 1. The van der Waals surface area contributed by atoms with Gasteiger partial charge in [-0.1, -0.05) is 46.3 Å². The van der Waals surface area contributed by atoms with Crippen molar-refractivity contribution in [2.45, 2.75) is 11.8 Å². The molecule has 1 N–H and O–H groups in total. The van der Waals surface area contributed by atoms with Crippen molar-refractivity contribution in [1.82, 2.24) is 9.29 Å². The lowest BCUT2D eigenvalue weighted by atomic mass is 10.1. The van der Waals surface area contributed by atoms with E-state index in [1.165, 1.54) is 3.97 Å². The average Bonchev–Trinajstić information content (AvgIpc) is 3.14. The first-order valence-corrected chi connectivity index (χ1v) is 12.7. The number of hydrogen-bond donors (Lipinski definition) is 1. The van der Waals surface area contributed by atoms with Crippen LogP contribution in [0.2, 0.25) is 0 Å². The normalized spacial score (nSPS) is 14.9. The van der Waals surface area contributed by atoms with E-state index in [9.17, 15) is 8.42 Å². The van der Waals surface area contributed by atoms with Crippen LogP contribution in [0.3, 0.4) is 0 Å². The first-order valence-electron chi connectivity index (χ1n) is 10.5. The van der Waals surface area contributed by atoms with Gasteiger partial charge in [0.2, 0.25) is 0 Å². The molecule has 5 rings (SSSR count). The predicted octanol–water partition coefficient (Wildman–Crippen LogP) is 4.52. The molecule has 0 bridgehead atoms. The van der Waals surface area contributed by atoms with Crippen molar-refractivity contribution in [3.05, 3.63) is 64.8 Å². The van der Waals surface area contributed by atoms with Crippen molar-refractivity contribution < 1.29 is 13.2 Å². The van der Waals surface area contributed by atoms with E-state index in [1.54, 1.807) is 19.4 Å². The smallest absolute Gasteiger partial charge is 0.268 e. The number of anilines is 1. The van der Waals surface area contributed by atoms with Gasteiger partial charge in [0.25, 0.3) is 10.0 Å². The lowest BCUT2D eigenvalue weighted by Gasteiger charge is -2.31. The third-order valence-electron chi connectivity index (χ3n) is 6.07. The van der Waals surface area contributed by atoms with Crippen LogP contribution in [0.15, 0.2) is 64.1 Å². The van der Waals surface area contributed by atoms with Gasteiger partial charge in [-0.05, 0) is 30.7 Å². The van der Waals surface area contributed by atoms with E-state index in [0.717, 1.165) is 52.7 Å². The summed E-state index contributed by atoms with van der Waals surface area (Å²) in [6.45, 7) is 5.18. The lowest BCUT2D eigenvalue weighted by molar-refractivity contribution is 0.417. The molecule has 8 heteroatoms. The van der Waals surface area contributed by atoms with Gasteiger partial charge in [0.05, 0.1) is 23.2 Å². The van der Waals surface area contributed by atoms with E-state index in [4.69, 9.17) is 4.74 Å². The van der Waals surface area contributed by atoms with Gasteiger partial charge in [-0.25, -0.2) is 12.4 Å². The molecule has 166 valence electrons. The molecule has 1 aliphatic rings. The summed E-state index contributed by atoms with van der Waals surface area (Å²) < 4.78 is 36.2. The van der Waals surface area contributed by atoms with Crippen molar-refractivity contribution in [3.8, 4) is 5.75 Å². The molecule has 3 aromatic carbocycles. The summed E-state index contributed by atoms with van der Waals surface area (Å²) in [6, 6.07) is 15.0. The van der Waals surface area contributed by atoms with Crippen molar-refractivity contribution in [2.24, 2.45) is 0 Å². The van der Waals surface area contributed by atoms with E-state index in [0.29, 0.717) is 16.7 Å². The molecule has 1 fully saturated rings. The fourth-order valence-electron chi connectivity index (χ4n) is 4.51. The van der Waals surface area contributed by atoms with Gasteiger partial charge >= 0.3 is 0 Å². The van der Waals surface area contributed by atoms with Crippen molar-refractivity contribution in [3.63, 3.8) is 0 Å². The van der Waals surface area contributed by atoms with Gasteiger partial charge in [0, 0.05) is 53.0 Å². The van der Waals surface area contributed by atoms with Crippen molar-refractivity contribution in [2.75, 3.05) is 38.2 Å². The summed E-state index contributed by atoms with van der Waals surface area (Å²) in [5, 5.41) is 5.70. The molecule has 0 amide bonds. The topological polar surface area (TPSA) is 63.6 Å². The summed E-state index contributed by atoms with van der Waals surface area (Å²) >= 11 is 3.48. The Morgan fingerprint density at radius 1 is 1.00 bits per heavy atom. The molecule has 1 aliphatic heterocycles. The van der Waals surface area contributed by atoms with Gasteiger partial charge in [-0.15, -0.1) is 0 Å². The highest BCUT2D eigenvalue weighted by Crippen LogP contribution is 2.41. The summed E-state index contributed by atoms with van der Waals surface area (Å²) in [6.07, 6.45) is 1.70. The summed E-state index contributed by atoms with van der Waals surface area (Å²) in [4.78, 5) is 2.47. The van der Waals surface area contributed by atoms with Crippen LogP contribution >= 0.6 is 15.9 Å². The van der Waals surface area contributed by atoms with Gasteiger partial charge in [0.1, 0.15) is 5.75 Å². The number of benzene rings is 3. The number of hydrogen-bond acceptors (Lipinski definition) is 5. The Labute approximate surface area is 196 Å². The molecular weight excluding hydrogens is 490 g/mol. The van der Waals surface area contributed by atoms with Crippen LogP contribution in [0.25, 0.3) is 21.7 Å². The fourth-order valence-corrected chi connectivity index (χ4v) is 6.49. The molecule has 0 spiro atoms. The number of rotatable bonds is 4. The highest BCUT2D eigenvalue weighted by atomic mass is 79.9. The van der Waals surface area contributed by atoms with Crippen molar-refractivity contribution >= 4 is 53.3 Å². The maximum absolute atomic E-state index is 14.1. The standard InChI is InChI=1S/C24H24BrN3O3S/c1-16-15-28(21-13-17(25)7-8-18(16)21)32(29,30)23-14-22(27-11-9-26-10-12-27)24(31-2)20-6-4-3-5-19(20)23/h3-8,13-15,26H,9-12H2,1-2H3. The Bertz CT molecular complexity index is 1440. The van der Waals surface area contributed by atoms with E-state index >= 15 is 0 Å². The number of fused-ring (bicyclic) bond motifs is 2. The van der Waals surface area contributed by atoms with Crippen LogP contribution in [-0.2, 0) is 10.0 Å². The Kier molecular flexibility index (Phi) is 5.39. The Hall–Kier alpha value is -2.55. The van der Waals surface area contributed by atoms with Gasteiger partial charge in [0.15, 0.2) is 0 Å². The molecule has 2 heterocycles. The molecule has 0 unspecified atom stereocenters. The monoisotopic (exact) mass is 513 g/mol. The second-order valence-corrected chi connectivity index (χ2v) is 10.7. The quantitative estimate of drug-likeness (QED) is 0.434. The van der Waals surface area contributed by atoms with E-state index < -0.39 is 10.0 Å². The average molecular weight is 514 g/mol. The van der Waals surface area contributed by atoms with Crippen LogP contribution in [0, 0.1) is 6.92 Å². The molecule has 0 saturated carbocycles. The molecule has 1 saturated heterocycles. The highest BCUT2D eigenvalue weighted by molar-refractivity contribution is 9.10. The largest absolute Gasteiger partial charge is 0.494 e. The second kappa shape index (κ2) is 8.10. The van der Waals surface area contributed by atoms with Crippen LogP contribution in [0.1, 0.15) is 5.56 Å². The third kappa shape index (κ3) is 3.37. The lowest BCUT2D eigenvalue weighted by Crippen LogP contribution is -2.43. The zero-order valence-corrected chi connectivity index (χ0v) is 20.3. The Balaban J connectivity index is 1.81. The van der Waals surface area contributed by atoms with Crippen LogP contribution in [0.4, 0.5) is 5.69 Å². The molecule has 0 atom stereocenters. The minimum absolute atomic E-state index is 0.277. The number of aryl methyl sites for hydroxylation is 1. The second-order valence-electron chi connectivity index (χ2n) is 7.98. The summed E-state index contributed by atoms with van der Waals surface area (Å²) in [5.41, 5.74) is 2.37. The zero-order chi connectivity index (χ0) is 22.5. The first-order chi connectivity index (χ1) is 15.4.